The lowest BCUT2D eigenvalue weighted by molar-refractivity contribution is 0.222. The first-order valence-electron chi connectivity index (χ1n) is 4.37. The smallest absolute Gasteiger partial charge is 0.461 e. The summed E-state index contributed by atoms with van der Waals surface area (Å²) in [7, 11) is -1.54. The van der Waals surface area contributed by atoms with E-state index in [-0.39, 0.29) is 12.1 Å². The Labute approximate surface area is 82.9 Å². The molecule has 0 amide bonds. The van der Waals surface area contributed by atoms with Crippen LogP contribution in [0.4, 0.5) is 0 Å². The van der Waals surface area contributed by atoms with Crippen LogP contribution in [-0.2, 0) is 0 Å². The molecule has 0 atom stereocenters. The molecule has 0 saturated carbocycles. The van der Waals surface area contributed by atoms with Crippen LogP contribution in [0.2, 0.25) is 0 Å². The van der Waals surface area contributed by atoms with Crippen molar-refractivity contribution in [1.29, 1.82) is 0 Å². The molecule has 0 aliphatic carbocycles. The lowest BCUT2D eigenvalue weighted by Gasteiger charge is -2.09. The Kier molecular flexibility index (Phi) is 3.43. The van der Waals surface area contributed by atoms with E-state index in [0.29, 0.717) is 11.2 Å². The van der Waals surface area contributed by atoms with Crippen LogP contribution in [0.15, 0.2) is 6.20 Å². The molecule has 0 radical (unpaired) electrons. The molecule has 1 heterocycles. The van der Waals surface area contributed by atoms with Crippen LogP contribution in [0.5, 0.6) is 6.01 Å². The standard InChI is InChI=1S/C8H13BN2O3/c1-5(2)14-8-10-4-7(9(12)13)6(3)11-8/h4-5,12-13H,1-3H3. The minimum Gasteiger partial charge on any atom is -0.461 e. The second-order valence-electron chi connectivity index (χ2n) is 3.23. The minimum atomic E-state index is -1.54. The summed E-state index contributed by atoms with van der Waals surface area (Å²) in [6.07, 6.45) is 1.35. The van der Waals surface area contributed by atoms with Gasteiger partial charge in [-0.1, -0.05) is 0 Å². The second kappa shape index (κ2) is 4.39. The van der Waals surface area contributed by atoms with Crippen LogP contribution >= 0.6 is 0 Å². The third-order valence-electron chi connectivity index (χ3n) is 1.61. The van der Waals surface area contributed by atoms with Gasteiger partial charge in [0.25, 0.3) is 0 Å². The van der Waals surface area contributed by atoms with E-state index in [1.807, 2.05) is 13.8 Å². The van der Waals surface area contributed by atoms with Gasteiger partial charge in [-0.2, -0.15) is 0 Å². The number of rotatable bonds is 3. The third kappa shape index (κ3) is 2.68. The van der Waals surface area contributed by atoms with Crippen molar-refractivity contribution in [1.82, 2.24) is 9.97 Å². The molecule has 0 aliphatic rings. The number of aromatic nitrogens is 2. The molecule has 14 heavy (non-hydrogen) atoms. The number of aryl methyl sites for hydroxylation is 1. The van der Waals surface area contributed by atoms with Crippen LogP contribution in [0.1, 0.15) is 19.5 Å². The topological polar surface area (TPSA) is 75.5 Å². The van der Waals surface area contributed by atoms with Gasteiger partial charge in [0.05, 0.1) is 6.10 Å². The zero-order valence-electron chi connectivity index (χ0n) is 8.43. The van der Waals surface area contributed by atoms with Crippen molar-refractivity contribution in [2.45, 2.75) is 26.9 Å². The Balaban J connectivity index is 2.89. The second-order valence-corrected chi connectivity index (χ2v) is 3.23. The van der Waals surface area contributed by atoms with Gasteiger partial charge in [0.1, 0.15) is 0 Å². The monoisotopic (exact) mass is 196 g/mol. The quantitative estimate of drug-likeness (QED) is 0.622. The first-order chi connectivity index (χ1) is 6.50. The molecule has 76 valence electrons. The number of ether oxygens (including phenoxy) is 1. The van der Waals surface area contributed by atoms with E-state index in [2.05, 4.69) is 9.97 Å². The highest BCUT2D eigenvalue weighted by atomic mass is 16.5. The molecule has 0 bridgehead atoms. The molecule has 2 N–H and O–H groups in total. The lowest BCUT2D eigenvalue weighted by atomic mass is 9.80. The van der Waals surface area contributed by atoms with Crippen molar-refractivity contribution in [2.75, 3.05) is 0 Å². The van der Waals surface area contributed by atoms with Gasteiger partial charge in [-0.3, -0.25) is 0 Å². The van der Waals surface area contributed by atoms with Crippen LogP contribution in [0, 0.1) is 6.92 Å². The van der Waals surface area contributed by atoms with Gasteiger partial charge in [0, 0.05) is 17.4 Å². The maximum absolute atomic E-state index is 8.91. The zero-order valence-corrected chi connectivity index (χ0v) is 8.43. The van der Waals surface area contributed by atoms with Crippen LogP contribution in [-0.4, -0.2) is 33.2 Å². The van der Waals surface area contributed by atoms with E-state index in [4.69, 9.17) is 14.8 Å². The molecular weight excluding hydrogens is 183 g/mol. The van der Waals surface area contributed by atoms with Crippen LogP contribution in [0.25, 0.3) is 0 Å². The zero-order chi connectivity index (χ0) is 10.7. The third-order valence-corrected chi connectivity index (χ3v) is 1.61. The summed E-state index contributed by atoms with van der Waals surface area (Å²) < 4.78 is 5.24. The van der Waals surface area contributed by atoms with Crippen molar-refractivity contribution in [2.24, 2.45) is 0 Å². The lowest BCUT2D eigenvalue weighted by Crippen LogP contribution is -2.33. The Bertz CT molecular complexity index is 317. The predicted molar refractivity (Wildman–Crippen MR) is 52.4 cm³/mol. The molecule has 1 aromatic rings. The van der Waals surface area contributed by atoms with Gasteiger partial charge in [-0.05, 0) is 20.8 Å². The van der Waals surface area contributed by atoms with Crippen molar-refractivity contribution in [3.05, 3.63) is 11.9 Å². The van der Waals surface area contributed by atoms with Crippen molar-refractivity contribution in [3.63, 3.8) is 0 Å². The molecule has 0 fully saturated rings. The number of nitrogens with zero attached hydrogens (tertiary/aromatic N) is 2. The highest BCUT2D eigenvalue weighted by molar-refractivity contribution is 6.58. The van der Waals surface area contributed by atoms with Gasteiger partial charge < -0.3 is 14.8 Å². The molecule has 5 nitrogen and oxygen atoms in total. The molecule has 0 aromatic carbocycles. The van der Waals surface area contributed by atoms with E-state index in [1.165, 1.54) is 6.20 Å². The van der Waals surface area contributed by atoms with Crippen LogP contribution < -0.4 is 10.2 Å². The van der Waals surface area contributed by atoms with Crippen molar-refractivity contribution < 1.29 is 14.8 Å². The Morgan fingerprint density at radius 1 is 1.43 bits per heavy atom. The summed E-state index contributed by atoms with van der Waals surface area (Å²) in [5.74, 6) is 0. The largest absolute Gasteiger partial charge is 0.491 e. The van der Waals surface area contributed by atoms with E-state index in [0.717, 1.165) is 0 Å². The molecule has 0 spiro atoms. The fourth-order valence-electron chi connectivity index (χ4n) is 0.976. The molecule has 0 unspecified atom stereocenters. The highest BCUT2D eigenvalue weighted by Crippen LogP contribution is 2.03. The summed E-state index contributed by atoms with van der Waals surface area (Å²) >= 11 is 0. The summed E-state index contributed by atoms with van der Waals surface area (Å²) in [6, 6.07) is 0.252. The summed E-state index contributed by atoms with van der Waals surface area (Å²) in [5.41, 5.74) is 0.798. The van der Waals surface area contributed by atoms with Gasteiger partial charge in [-0.25, -0.2) is 9.97 Å². The SMILES string of the molecule is Cc1nc(OC(C)C)ncc1B(O)O. The summed E-state index contributed by atoms with van der Waals surface area (Å²) in [4.78, 5) is 7.83. The fraction of sp³-hybridized carbons (Fsp3) is 0.500. The van der Waals surface area contributed by atoms with Gasteiger partial charge in [-0.15, -0.1) is 0 Å². The molecular formula is C8H13BN2O3. The van der Waals surface area contributed by atoms with E-state index >= 15 is 0 Å². The molecule has 6 heteroatoms. The predicted octanol–water partition coefficient (Wildman–Crippen LogP) is -0.748. The van der Waals surface area contributed by atoms with Gasteiger partial charge in [0.2, 0.25) is 0 Å². The van der Waals surface area contributed by atoms with Gasteiger partial charge in [0.15, 0.2) is 0 Å². The van der Waals surface area contributed by atoms with Crippen molar-refractivity contribution >= 4 is 12.6 Å². The Hall–Kier alpha value is -1.14. The first-order valence-corrected chi connectivity index (χ1v) is 4.37. The van der Waals surface area contributed by atoms with Crippen molar-refractivity contribution in [3.8, 4) is 6.01 Å². The van der Waals surface area contributed by atoms with Crippen LogP contribution in [0.3, 0.4) is 0 Å². The molecule has 1 rings (SSSR count). The van der Waals surface area contributed by atoms with E-state index in [1.54, 1.807) is 6.92 Å². The number of hydrogen-bond acceptors (Lipinski definition) is 5. The van der Waals surface area contributed by atoms with E-state index in [9.17, 15) is 0 Å². The van der Waals surface area contributed by atoms with E-state index < -0.39 is 7.12 Å². The minimum absolute atomic E-state index is 0.000648. The molecule has 0 saturated heterocycles. The highest BCUT2D eigenvalue weighted by Gasteiger charge is 2.16. The summed E-state index contributed by atoms with van der Waals surface area (Å²) in [6.45, 7) is 5.41. The Morgan fingerprint density at radius 2 is 2.07 bits per heavy atom. The fourth-order valence-corrected chi connectivity index (χ4v) is 0.976. The van der Waals surface area contributed by atoms with Gasteiger partial charge >= 0.3 is 13.1 Å². The molecule has 1 aromatic heterocycles. The summed E-state index contributed by atoms with van der Waals surface area (Å²) in [5, 5.41) is 17.8. The maximum Gasteiger partial charge on any atom is 0.491 e. The average Bonchev–Trinajstić information content (AvgIpc) is 2.01. The normalized spacial score (nSPS) is 10.4. The average molecular weight is 196 g/mol. The molecule has 0 aliphatic heterocycles. The Morgan fingerprint density at radius 3 is 2.50 bits per heavy atom. The maximum atomic E-state index is 8.91. The number of hydrogen-bond donors (Lipinski definition) is 2. The first kappa shape index (κ1) is 10.9.